The third-order valence-electron chi connectivity index (χ3n) is 3.06. The van der Waals surface area contributed by atoms with Crippen molar-refractivity contribution in [2.24, 2.45) is 0 Å². The Hall–Kier alpha value is -2.74. The first-order valence-corrected chi connectivity index (χ1v) is 8.01. The fourth-order valence-corrected chi connectivity index (χ4v) is 2.75. The molecular formula is C16H17N3O4S. The molecule has 0 aliphatic carbocycles. The largest absolute Gasteiger partial charge is 0.469 e. The number of aryl methyl sites for hydroxylation is 1. The predicted octanol–water partition coefficient (Wildman–Crippen LogP) is 2.60. The Balaban J connectivity index is 1.98. The third-order valence-corrected chi connectivity index (χ3v) is 4.14. The second-order valence-corrected chi connectivity index (χ2v) is 5.88. The lowest BCUT2D eigenvalue weighted by Gasteiger charge is -2.03. The van der Waals surface area contributed by atoms with Crippen LogP contribution in [-0.2, 0) is 14.3 Å². The van der Waals surface area contributed by atoms with Crippen molar-refractivity contribution in [2.45, 2.75) is 19.8 Å². The topological polar surface area (TPSA) is 97.4 Å². The number of esters is 1. The molecule has 0 fully saturated rings. The molecule has 1 heterocycles. The van der Waals surface area contributed by atoms with E-state index >= 15 is 0 Å². The van der Waals surface area contributed by atoms with Crippen LogP contribution in [-0.4, -0.2) is 29.9 Å². The number of carbonyl (C=O) groups is 3. The number of aromatic nitrogens is 1. The van der Waals surface area contributed by atoms with E-state index in [1.807, 2.05) is 18.2 Å². The molecule has 24 heavy (non-hydrogen) atoms. The van der Waals surface area contributed by atoms with E-state index in [0.717, 1.165) is 11.3 Å². The van der Waals surface area contributed by atoms with Crippen molar-refractivity contribution < 1.29 is 19.1 Å². The Bertz CT molecular complexity index is 743. The zero-order valence-electron chi connectivity index (χ0n) is 13.3. The standard InChI is InChI=1S/C16H17N3O4S/c1-10-14(15(22)18-11-6-4-3-5-7-11)24-16(17-10)19-12(20)8-9-13(21)23-2/h3-7H,8-9H2,1-2H3,(H,18,22)(H,17,19,20). The van der Waals surface area contributed by atoms with Gasteiger partial charge in [0, 0.05) is 12.1 Å². The summed E-state index contributed by atoms with van der Waals surface area (Å²) in [5.41, 5.74) is 1.20. The molecule has 0 unspecified atom stereocenters. The number of methoxy groups -OCH3 is 1. The number of rotatable bonds is 6. The number of nitrogens with zero attached hydrogens (tertiary/aromatic N) is 1. The van der Waals surface area contributed by atoms with E-state index in [1.165, 1.54) is 7.11 Å². The molecule has 0 bridgehead atoms. The Kier molecular flexibility index (Phi) is 6.02. The average molecular weight is 347 g/mol. The fourth-order valence-electron chi connectivity index (χ4n) is 1.87. The molecule has 0 saturated carbocycles. The Morgan fingerprint density at radius 3 is 2.50 bits per heavy atom. The van der Waals surface area contributed by atoms with E-state index in [4.69, 9.17) is 0 Å². The smallest absolute Gasteiger partial charge is 0.306 e. The van der Waals surface area contributed by atoms with Gasteiger partial charge in [-0.1, -0.05) is 29.5 Å². The lowest BCUT2D eigenvalue weighted by Crippen LogP contribution is -2.13. The summed E-state index contributed by atoms with van der Waals surface area (Å²) in [5.74, 6) is -1.10. The molecule has 2 N–H and O–H groups in total. The molecule has 0 aliphatic heterocycles. The van der Waals surface area contributed by atoms with Gasteiger partial charge in [0.05, 0.1) is 19.2 Å². The summed E-state index contributed by atoms with van der Waals surface area (Å²) in [4.78, 5) is 39.6. The first-order chi connectivity index (χ1) is 11.5. The van der Waals surface area contributed by atoms with E-state index in [9.17, 15) is 14.4 Å². The summed E-state index contributed by atoms with van der Waals surface area (Å²) in [5, 5.41) is 5.67. The maximum Gasteiger partial charge on any atom is 0.306 e. The molecule has 2 rings (SSSR count). The maximum absolute atomic E-state index is 12.3. The van der Waals surface area contributed by atoms with Gasteiger partial charge in [0.1, 0.15) is 4.88 Å². The van der Waals surface area contributed by atoms with E-state index in [-0.39, 0.29) is 24.7 Å². The molecule has 0 spiro atoms. The Morgan fingerprint density at radius 2 is 1.83 bits per heavy atom. The number of anilines is 2. The first-order valence-electron chi connectivity index (χ1n) is 7.20. The minimum Gasteiger partial charge on any atom is -0.469 e. The van der Waals surface area contributed by atoms with Gasteiger partial charge in [-0.05, 0) is 19.1 Å². The van der Waals surface area contributed by atoms with Gasteiger partial charge in [-0.15, -0.1) is 0 Å². The fraction of sp³-hybridized carbons (Fsp3) is 0.250. The second kappa shape index (κ2) is 8.21. The molecule has 2 amide bonds. The summed E-state index contributed by atoms with van der Waals surface area (Å²) < 4.78 is 4.48. The van der Waals surface area contributed by atoms with Crippen LogP contribution in [0.4, 0.5) is 10.8 Å². The zero-order chi connectivity index (χ0) is 17.5. The monoisotopic (exact) mass is 347 g/mol. The van der Waals surface area contributed by atoms with Gasteiger partial charge >= 0.3 is 5.97 Å². The number of nitrogens with one attached hydrogen (secondary N) is 2. The summed E-state index contributed by atoms with van der Waals surface area (Å²) in [6.07, 6.45) is -0.00904. The van der Waals surface area contributed by atoms with Gasteiger partial charge in [0.2, 0.25) is 5.91 Å². The second-order valence-electron chi connectivity index (χ2n) is 4.88. The van der Waals surface area contributed by atoms with Crippen LogP contribution in [0.2, 0.25) is 0 Å². The summed E-state index contributed by atoms with van der Waals surface area (Å²) in [7, 11) is 1.27. The molecule has 0 aliphatic rings. The van der Waals surface area contributed by atoms with Crippen LogP contribution in [0.5, 0.6) is 0 Å². The van der Waals surface area contributed by atoms with Crippen molar-refractivity contribution in [1.82, 2.24) is 4.98 Å². The minimum absolute atomic E-state index is 0.00313. The van der Waals surface area contributed by atoms with Gasteiger partial charge in [0.25, 0.3) is 5.91 Å². The number of hydrogen-bond acceptors (Lipinski definition) is 6. The number of ether oxygens (including phenoxy) is 1. The van der Waals surface area contributed by atoms with Crippen molar-refractivity contribution in [3.63, 3.8) is 0 Å². The van der Waals surface area contributed by atoms with E-state index < -0.39 is 5.97 Å². The SMILES string of the molecule is COC(=O)CCC(=O)Nc1nc(C)c(C(=O)Nc2ccccc2)s1. The van der Waals surface area contributed by atoms with Gasteiger partial charge in [0.15, 0.2) is 5.13 Å². The number of para-hydroxylation sites is 1. The highest BCUT2D eigenvalue weighted by Gasteiger charge is 2.17. The lowest BCUT2D eigenvalue weighted by atomic mass is 10.3. The zero-order valence-corrected chi connectivity index (χ0v) is 14.1. The van der Waals surface area contributed by atoms with Crippen LogP contribution < -0.4 is 10.6 Å². The third kappa shape index (κ3) is 4.88. The normalized spacial score (nSPS) is 10.1. The van der Waals surface area contributed by atoms with Gasteiger partial charge in [-0.2, -0.15) is 0 Å². The molecule has 1 aromatic heterocycles. The quantitative estimate of drug-likeness (QED) is 0.783. The summed E-state index contributed by atoms with van der Waals surface area (Å²) >= 11 is 1.08. The molecule has 126 valence electrons. The summed E-state index contributed by atoms with van der Waals surface area (Å²) in [6, 6.07) is 9.06. The van der Waals surface area contributed by atoms with Crippen molar-refractivity contribution in [3.05, 3.63) is 40.9 Å². The van der Waals surface area contributed by atoms with Gasteiger partial charge < -0.3 is 15.4 Å². The van der Waals surface area contributed by atoms with E-state index in [1.54, 1.807) is 19.1 Å². The van der Waals surface area contributed by atoms with Crippen LogP contribution in [0.1, 0.15) is 28.2 Å². The molecule has 8 heteroatoms. The van der Waals surface area contributed by atoms with Crippen LogP contribution in [0.25, 0.3) is 0 Å². The Labute approximate surface area is 143 Å². The van der Waals surface area contributed by atoms with E-state index in [2.05, 4.69) is 20.4 Å². The number of hydrogen-bond donors (Lipinski definition) is 2. The van der Waals surface area contributed by atoms with Crippen LogP contribution in [0.3, 0.4) is 0 Å². The molecular weight excluding hydrogens is 330 g/mol. The lowest BCUT2D eigenvalue weighted by molar-refractivity contribution is -0.141. The number of amides is 2. The van der Waals surface area contributed by atoms with Crippen LogP contribution >= 0.6 is 11.3 Å². The first kappa shape index (κ1) is 17.6. The molecule has 0 atom stereocenters. The molecule has 0 radical (unpaired) electrons. The summed E-state index contributed by atoms with van der Waals surface area (Å²) in [6.45, 7) is 1.69. The molecule has 2 aromatic rings. The van der Waals surface area contributed by atoms with Crippen molar-refractivity contribution in [1.29, 1.82) is 0 Å². The predicted molar refractivity (Wildman–Crippen MR) is 91.1 cm³/mol. The minimum atomic E-state index is -0.455. The van der Waals surface area contributed by atoms with Crippen molar-refractivity contribution in [3.8, 4) is 0 Å². The van der Waals surface area contributed by atoms with Crippen molar-refractivity contribution >= 4 is 39.9 Å². The Morgan fingerprint density at radius 1 is 1.12 bits per heavy atom. The molecule has 0 saturated heterocycles. The number of thiazole rings is 1. The van der Waals surface area contributed by atoms with Gasteiger partial charge in [-0.25, -0.2) is 4.98 Å². The highest BCUT2D eigenvalue weighted by molar-refractivity contribution is 7.17. The van der Waals surface area contributed by atoms with E-state index in [0.29, 0.717) is 21.4 Å². The highest BCUT2D eigenvalue weighted by Crippen LogP contribution is 2.24. The molecule has 7 nitrogen and oxygen atoms in total. The van der Waals surface area contributed by atoms with Crippen molar-refractivity contribution in [2.75, 3.05) is 17.7 Å². The average Bonchev–Trinajstić information content (AvgIpc) is 2.94. The highest BCUT2D eigenvalue weighted by atomic mass is 32.1. The number of carbonyl (C=O) groups excluding carboxylic acids is 3. The number of benzene rings is 1. The van der Waals surface area contributed by atoms with Gasteiger partial charge in [-0.3, -0.25) is 14.4 Å². The van der Waals surface area contributed by atoms with Crippen LogP contribution in [0, 0.1) is 6.92 Å². The van der Waals surface area contributed by atoms with Crippen LogP contribution in [0.15, 0.2) is 30.3 Å². The maximum atomic E-state index is 12.3. The molecule has 1 aromatic carbocycles.